The van der Waals surface area contributed by atoms with Gasteiger partial charge in [0, 0.05) is 5.02 Å². The van der Waals surface area contributed by atoms with E-state index in [1.54, 1.807) is 30.4 Å². The maximum atomic E-state index is 12.2. The molecule has 5 heteroatoms. The summed E-state index contributed by atoms with van der Waals surface area (Å²) in [6, 6.07) is 16.6. The van der Waals surface area contributed by atoms with Crippen molar-refractivity contribution in [3.8, 4) is 6.07 Å². The number of nitrogens with one attached hydrogen (secondary N) is 1. The molecule has 116 valence electrons. The predicted molar refractivity (Wildman–Crippen MR) is 96.4 cm³/mol. The van der Waals surface area contributed by atoms with E-state index < -0.39 is 0 Å². The fourth-order valence-corrected chi connectivity index (χ4v) is 2.40. The van der Waals surface area contributed by atoms with Gasteiger partial charge in [-0.15, -0.1) is 0 Å². The number of hydrogen-bond donors (Lipinski definition) is 1. The lowest BCUT2D eigenvalue weighted by Gasteiger charge is -2.01. The molecule has 3 aromatic rings. The summed E-state index contributed by atoms with van der Waals surface area (Å²) < 4.78 is 0. The second kappa shape index (κ2) is 6.95. The van der Waals surface area contributed by atoms with E-state index in [1.807, 2.05) is 36.4 Å². The standard InChI is InChI=1S/C19H12ClN3O/c20-15-9-10-17-16(11-15)19(24)23-18(22-17)14(12-21)8-4-7-13-5-2-1-3-6-13/h1-11H,(H,22,23,24)/b7-4?,14-8+. The molecule has 0 unspecified atom stereocenters. The summed E-state index contributed by atoms with van der Waals surface area (Å²) >= 11 is 5.89. The largest absolute Gasteiger partial charge is 0.305 e. The van der Waals surface area contributed by atoms with Crippen LogP contribution in [0.1, 0.15) is 11.4 Å². The number of fused-ring (bicyclic) bond motifs is 1. The van der Waals surface area contributed by atoms with Crippen LogP contribution in [0, 0.1) is 11.3 Å². The Morgan fingerprint density at radius 3 is 2.75 bits per heavy atom. The van der Waals surface area contributed by atoms with E-state index in [9.17, 15) is 10.1 Å². The van der Waals surface area contributed by atoms with Crippen molar-refractivity contribution in [3.05, 3.63) is 87.4 Å². The smallest absolute Gasteiger partial charge is 0.259 e. The number of aromatic amines is 1. The third-order valence-electron chi connectivity index (χ3n) is 3.39. The molecular formula is C19H12ClN3O. The van der Waals surface area contributed by atoms with Crippen LogP contribution in [0.3, 0.4) is 0 Å². The molecular weight excluding hydrogens is 322 g/mol. The number of hydrogen-bond acceptors (Lipinski definition) is 3. The zero-order chi connectivity index (χ0) is 16.9. The summed E-state index contributed by atoms with van der Waals surface area (Å²) in [4.78, 5) is 19.1. The molecule has 3 rings (SSSR count). The second-order valence-electron chi connectivity index (χ2n) is 5.04. The maximum absolute atomic E-state index is 12.2. The molecule has 1 N–H and O–H groups in total. The lowest BCUT2D eigenvalue weighted by Crippen LogP contribution is -2.11. The maximum Gasteiger partial charge on any atom is 0.259 e. The van der Waals surface area contributed by atoms with Crippen molar-refractivity contribution in [1.82, 2.24) is 9.97 Å². The molecule has 0 amide bonds. The molecule has 0 saturated carbocycles. The Hall–Kier alpha value is -3.16. The van der Waals surface area contributed by atoms with Gasteiger partial charge < -0.3 is 4.98 Å². The molecule has 0 bridgehead atoms. The number of benzene rings is 2. The SMILES string of the molecule is N#C/C(=C\C=Cc1ccccc1)c1nc2ccc(Cl)cc2c(=O)[nH]1. The second-order valence-corrected chi connectivity index (χ2v) is 5.47. The molecule has 2 aromatic carbocycles. The minimum atomic E-state index is -0.328. The molecule has 0 aliphatic rings. The van der Waals surface area contributed by atoms with Crippen molar-refractivity contribution >= 4 is 34.2 Å². The Morgan fingerprint density at radius 2 is 2.00 bits per heavy atom. The molecule has 0 fully saturated rings. The summed E-state index contributed by atoms with van der Waals surface area (Å²) in [6.45, 7) is 0. The Morgan fingerprint density at radius 1 is 1.21 bits per heavy atom. The first-order valence-electron chi connectivity index (χ1n) is 7.21. The quantitative estimate of drug-likeness (QED) is 0.577. The van der Waals surface area contributed by atoms with Gasteiger partial charge in [0.1, 0.15) is 6.07 Å². The van der Waals surface area contributed by atoms with Crippen LogP contribution >= 0.6 is 11.6 Å². The van der Waals surface area contributed by atoms with Crippen LogP contribution in [-0.4, -0.2) is 9.97 Å². The zero-order valence-corrected chi connectivity index (χ0v) is 13.3. The summed E-state index contributed by atoms with van der Waals surface area (Å²) in [6.07, 6.45) is 5.24. The van der Waals surface area contributed by atoms with Crippen LogP contribution < -0.4 is 5.56 Å². The van der Waals surface area contributed by atoms with Gasteiger partial charge in [-0.1, -0.05) is 54.1 Å². The molecule has 0 saturated heterocycles. The number of rotatable bonds is 3. The van der Waals surface area contributed by atoms with Crippen molar-refractivity contribution in [3.63, 3.8) is 0 Å². The number of aromatic nitrogens is 2. The van der Waals surface area contributed by atoms with E-state index in [-0.39, 0.29) is 17.0 Å². The first kappa shape index (κ1) is 15.7. The first-order valence-corrected chi connectivity index (χ1v) is 7.58. The number of halogens is 1. The van der Waals surface area contributed by atoms with E-state index in [4.69, 9.17) is 11.6 Å². The summed E-state index contributed by atoms with van der Waals surface area (Å²) in [7, 11) is 0. The Bertz CT molecular complexity index is 1040. The summed E-state index contributed by atoms with van der Waals surface area (Å²) in [5.74, 6) is 0.232. The van der Waals surface area contributed by atoms with Gasteiger partial charge in [0.15, 0.2) is 5.82 Å². The third kappa shape index (κ3) is 3.43. The number of nitriles is 1. The Balaban J connectivity index is 1.99. The van der Waals surface area contributed by atoms with Crippen molar-refractivity contribution in [1.29, 1.82) is 5.26 Å². The van der Waals surface area contributed by atoms with Crippen molar-refractivity contribution in [2.75, 3.05) is 0 Å². The van der Waals surface area contributed by atoms with Gasteiger partial charge in [-0.3, -0.25) is 4.79 Å². The highest BCUT2D eigenvalue weighted by molar-refractivity contribution is 6.31. The minimum absolute atomic E-state index is 0.232. The Labute approximate surface area is 143 Å². The van der Waals surface area contributed by atoms with Crippen LogP contribution in [0.25, 0.3) is 22.6 Å². The van der Waals surface area contributed by atoms with E-state index in [2.05, 4.69) is 16.0 Å². The average molecular weight is 334 g/mol. The lowest BCUT2D eigenvalue weighted by molar-refractivity contribution is 1.13. The van der Waals surface area contributed by atoms with Gasteiger partial charge in [0.25, 0.3) is 5.56 Å². The summed E-state index contributed by atoms with van der Waals surface area (Å²) in [5.41, 5.74) is 1.45. The summed E-state index contributed by atoms with van der Waals surface area (Å²) in [5, 5.41) is 10.2. The van der Waals surface area contributed by atoms with Crippen LogP contribution in [0.2, 0.25) is 5.02 Å². The lowest BCUT2D eigenvalue weighted by atomic mass is 10.2. The van der Waals surface area contributed by atoms with Crippen molar-refractivity contribution < 1.29 is 0 Å². The molecule has 0 aliphatic carbocycles. The van der Waals surface area contributed by atoms with E-state index in [0.29, 0.717) is 15.9 Å². The third-order valence-corrected chi connectivity index (χ3v) is 3.63. The molecule has 0 spiro atoms. The van der Waals surface area contributed by atoms with Crippen LogP contribution in [0.4, 0.5) is 0 Å². The van der Waals surface area contributed by atoms with Gasteiger partial charge >= 0.3 is 0 Å². The van der Waals surface area contributed by atoms with E-state index >= 15 is 0 Å². The van der Waals surface area contributed by atoms with Crippen molar-refractivity contribution in [2.45, 2.75) is 0 Å². The highest BCUT2D eigenvalue weighted by Crippen LogP contribution is 2.16. The highest BCUT2D eigenvalue weighted by Gasteiger charge is 2.07. The monoisotopic (exact) mass is 333 g/mol. The van der Waals surface area contributed by atoms with Crippen LogP contribution in [-0.2, 0) is 0 Å². The van der Waals surface area contributed by atoms with Gasteiger partial charge in [0.05, 0.1) is 16.5 Å². The highest BCUT2D eigenvalue weighted by atomic mass is 35.5. The normalized spacial score (nSPS) is 11.8. The molecule has 0 radical (unpaired) electrons. The van der Waals surface area contributed by atoms with E-state index in [1.165, 1.54) is 0 Å². The molecule has 1 heterocycles. The molecule has 24 heavy (non-hydrogen) atoms. The van der Waals surface area contributed by atoms with Gasteiger partial charge in [-0.25, -0.2) is 4.98 Å². The molecule has 0 aliphatic heterocycles. The number of nitrogens with zero attached hydrogens (tertiary/aromatic N) is 2. The zero-order valence-electron chi connectivity index (χ0n) is 12.5. The van der Waals surface area contributed by atoms with Crippen molar-refractivity contribution in [2.24, 2.45) is 0 Å². The average Bonchev–Trinajstić information content (AvgIpc) is 2.60. The Kier molecular flexibility index (Phi) is 4.55. The fraction of sp³-hybridized carbons (Fsp3) is 0. The molecule has 0 atom stereocenters. The fourth-order valence-electron chi connectivity index (χ4n) is 2.23. The van der Waals surface area contributed by atoms with Gasteiger partial charge in [-0.05, 0) is 29.8 Å². The topological polar surface area (TPSA) is 69.5 Å². The minimum Gasteiger partial charge on any atom is -0.305 e. The van der Waals surface area contributed by atoms with Gasteiger partial charge in [-0.2, -0.15) is 5.26 Å². The molecule has 4 nitrogen and oxygen atoms in total. The number of allylic oxidation sites excluding steroid dienone is 3. The first-order chi connectivity index (χ1) is 11.7. The molecule has 1 aromatic heterocycles. The van der Waals surface area contributed by atoms with Crippen LogP contribution in [0.15, 0.2) is 65.5 Å². The van der Waals surface area contributed by atoms with Gasteiger partial charge in [0.2, 0.25) is 0 Å². The van der Waals surface area contributed by atoms with Crippen LogP contribution in [0.5, 0.6) is 0 Å². The number of H-pyrrole nitrogens is 1. The van der Waals surface area contributed by atoms with E-state index in [0.717, 1.165) is 5.56 Å². The predicted octanol–water partition coefficient (Wildman–Crippen LogP) is 4.20.